The summed E-state index contributed by atoms with van der Waals surface area (Å²) in [7, 11) is 8.52. The van der Waals surface area contributed by atoms with Gasteiger partial charge in [0, 0.05) is 58.3 Å². The summed E-state index contributed by atoms with van der Waals surface area (Å²) in [5.41, 5.74) is -2.43. The zero-order valence-electron chi connectivity index (χ0n) is 19.3. The van der Waals surface area contributed by atoms with E-state index in [0.717, 1.165) is 0 Å². The van der Waals surface area contributed by atoms with Crippen LogP contribution in [0.3, 0.4) is 0 Å². The summed E-state index contributed by atoms with van der Waals surface area (Å²) in [5, 5.41) is 10.3. The predicted molar refractivity (Wildman–Crippen MR) is 108 cm³/mol. The van der Waals surface area contributed by atoms with Crippen molar-refractivity contribution >= 4 is 17.8 Å². The normalized spacial score (nSPS) is 20.9. The van der Waals surface area contributed by atoms with Crippen LogP contribution in [0.2, 0.25) is 0 Å². The Balaban J connectivity index is 0. The second-order valence-corrected chi connectivity index (χ2v) is 8.42. The van der Waals surface area contributed by atoms with Crippen molar-refractivity contribution in [3.05, 3.63) is 5.41 Å². The number of carbonyl (C=O) groups is 2. The molecule has 155 valence electrons. The van der Waals surface area contributed by atoms with Gasteiger partial charge in [-0.15, -0.1) is 0 Å². The molecular weight excluding hydrogens is 419 g/mol. The number of hydrogen-bond donors (Lipinski definition) is 0. The van der Waals surface area contributed by atoms with Gasteiger partial charge in [-0.25, -0.2) is 0 Å². The van der Waals surface area contributed by atoms with E-state index in [1.165, 1.54) is 4.90 Å². The SMILES string of the molecule is CC.CN(C)C(=[N-])N(C)C1(C)CC(C)(C)N(C(C)(C)C(=O)N(C)C)C1=O.[Y]. The Morgan fingerprint density at radius 2 is 1.44 bits per heavy atom. The molecule has 0 N–H and O–H groups in total. The smallest absolute Gasteiger partial charge is 0.247 e. The molecule has 1 fully saturated rings. The number of rotatable bonds is 3. The second kappa shape index (κ2) is 9.68. The van der Waals surface area contributed by atoms with E-state index in [9.17, 15) is 15.0 Å². The van der Waals surface area contributed by atoms with Gasteiger partial charge in [-0.2, -0.15) is 0 Å². The molecule has 7 nitrogen and oxygen atoms in total. The van der Waals surface area contributed by atoms with Gasteiger partial charge in [-0.3, -0.25) is 9.59 Å². The number of nitrogens with zero attached hydrogens (tertiary/aromatic N) is 5. The molecule has 0 aromatic rings. The van der Waals surface area contributed by atoms with Crippen LogP contribution in [0.1, 0.15) is 54.9 Å². The van der Waals surface area contributed by atoms with E-state index in [-0.39, 0.29) is 50.5 Å². The second-order valence-electron chi connectivity index (χ2n) is 8.42. The van der Waals surface area contributed by atoms with Crippen LogP contribution in [0.5, 0.6) is 0 Å². The summed E-state index contributed by atoms with van der Waals surface area (Å²) in [4.78, 5) is 32.3. The Morgan fingerprint density at radius 3 is 1.78 bits per heavy atom. The fourth-order valence-corrected chi connectivity index (χ4v) is 3.95. The molecule has 2 amide bonds. The van der Waals surface area contributed by atoms with E-state index in [1.54, 1.807) is 63.8 Å². The molecule has 0 spiro atoms. The first-order valence-electron chi connectivity index (χ1n) is 9.14. The molecule has 1 aliphatic heterocycles. The third kappa shape index (κ3) is 5.23. The molecule has 1 saturated heterocycles. The van der Waals surface area contributed by atoms with E-state index in [2.05, 4.69) is 0 Å². The predicted octanol–water partition coefficient (Wildman–Crippen LogP) is 2.07. The van der Waals surface area contributed by atoms with Gasteiger partial charge in [-0.05, 0) is 62.2 Å². The maximum atomic E-state index is 13.4. The van der Waals surface area contributed by atoms with Gasteiger partial charge < -0.3 is 25.0 Å². The van der Waals surface area contributed by atoms with Crippen LogP contribution in [0.15, 0.2) is 0 Å². The van der Waals surface area contributed by atoms with E-state index >= 15 is 0 Å². The zero-order valence-corrected chi connectivity index (χ0v) is 22.2. The summed E-state index contributed by atoms with van der Waals surface area (Å²) in [6.07, 6.45) is 0.497. The molecule has 0 bridgehead atoms. The van der Waals surface area contributed by atoms with Crippen LogP contribution >= 0.6 is 0 Å². The Hall–Kier alpha value is -0.686. The Labute approximate surface area is 191 Å². The van der Waals surface area contributed by atoms with Gasteiger partial charge in [0.15, 0.2) is 0 Å². The van der Waals surface area contributed by atoms with Gasteiger partial charge in [0.2, 0.25) is 11.8 Å². The maximum Gasteiger partial charge on any atom is 0.247 e. The molecule has 8 heteroatoms. The first-order valence-corrected chi connectivity index (χ1v) is 9.14. The Kier molecular flexibility index (Phi) is 10.2. The van der Waals surface area contributed by atoms with Crippen LogP contribution in [-0.2, 0) is 42.3 Å². The summed E-state index contributed by atoms with van der Waals surface area (Å²) < 4.78 is 0. The topological polar surface area (TPSA) is 69.4 Å². The van der Waals surface area contributed by atoms with Gasteiger partial charge in [0.1, 0.15) is 5.54 Å². The zero-order chi connectivity index (χ0) is 21.2. The number of likely N-dealkylation sites (tertiary alicyclic amines) is 1. The quantitative estimate of drug-likeness (QED) is 0.481. The van der Waals surface area contributed by atoms with Crippen LogP contribution in [0, 0.1) is 0 Å². The van der Waals surface area contributed by atoms with Crippen molar-refractivity contribution in [2.75, 3.05) is 35.2 Å². The van der Waals surface area contributed by atoms with Crippen molar-refractivity contribution in [2.45, 2.75) is 71.5 Å². The summed E-state index contributed by atoms with van der Waals surface area (Å²) in [6.45, 7) is 13.3. The minimum absolute atomic E-state index is 0. The molecule has 1 rings (SSSR count). The van der Waals surface area contributed by atoms with Gasteiger partial charge >= 0.3 is 0 Å². The van der Waals surface area contributed by atoms with Gasteiger partial charge in [0.25, 0.3) is 0 Å². The summed E-state index contributed by atoms with van der Waals surface area (Å²) in [6, 6.07) is 0. The number of hydrogen-bond acceptors (Lipinski definition) is 2. The van der Waals surface area contributed by atoms with Crippen LogP contribution in [0.25, 0.3) is 5.41 Å². The van der Waals surface area contributed by atoms with E-state index < -0.39 is 16.6 Å². The molecule has 0 aromatic heterocycles. The fraction of sp³-hybridized carbons (Fsp3) is 0.842. The molecule has 0 aliphatic carbocycles. The van der Waals surface area contributed by atoms with E-state index in [1.807, 2.05) is 34.6 Å². The summed E-state index contributed by atoms with van der Waals surface area (Å²) in [5.74, 6) is -0.277. The molecule has 1 aliphatic rings. The minimum atomic E-state index is -0.976. The van der Waals surface area contributed by atoms with Crippen LogP contribution < -0.4 is 0 Å². The van der Waals surface area contributed by atoms with Crippen LogP contribution in [0.4, 0.5) is 0 Å². The standard InChI is InChI=1S/C17H32N5O2.C2H6.Y/c1-15(2)11-17(5,21(10)14(18)20(8)9)13(24)22(15)16(3,4)12(23)19(6)7;1-2;/h11H2,1-10H3;1-2H3;/q-1;;. The molecule has 27 heavy (non-hydrogen) atoms. The van der Waals surface area contributed by atoms with Crippen molar-refractivity contribution in [3.63, 3.8) is 0 Å². The molecular formula is C19H38N5O2Y-. The van der Waals surface area contributed by atoms with Crippen molar-refractivity contribution in [1.82, 2.24) is 19.6 Å². The average molecular weight is 457 g/mol. The third-order valence-corrected chi connectivity index (χ3v) is 4.97. The first kappa shape index (κ1) is 28.5. The van der Waals surface area contributed by atoms with E-state index in [0.29, 0.717) is 6.42 Å². The van der Waals surface area contributed by atoms with Gasteiger partial charge in [0.05, 0.1) is 5.54 Å². The van der Waals surface area contributed by atoms with Crippen molar-refractivity contribution in [3.8, 4) is 0 Å². The largest absolute Gasteiger partial charge is 0.432 e. The Bertz CT molecular complexity index is 560. The van der Waals surface area contributed by atoms with Crippen molar-refractivity contribution in [1.29, 1.82) is 0 Å². The molecule has 1 atom stereocenters. The molecule has 1 unspecified atom stereocenters. The Morgan fingerprint density at radius 1 is 1.04 bits per heavy atom. The average Bonchev–Trinajstić information content (AvgIpc) is 2.72. The molecule has 0 aromatic carbocycles. The molecule has 1 radical (unpaired) electrons. The molecule has 1 heterocycles. The summed E-state index contributed by atoms with van der Waals surface area (Å²) >= 11 is 0. The number of guanidine groups is 1. The molecule has 0 saturated carbocycles. The fourth-order valence-electron chi connectivity index (χ4n) is 3.95. The minimum Gasteiger partial charge on any atom is -0.432 e. The van der Waals surface area contributed by atoms with Crippen LogP contribution in [-0.4, -0.2) is 89.2 Å². The van der Waals surface area contributed by atoms with Gasteiger partial charge in [-0.1, -0.05) is 13.8 Å². The monoisotopic (exact) mass is 457 g/mol. The first-order chi connectivity index (χ1) is 11.6. The third-order valence-electron chi connectivity index (χ3n) is 4.97. The number of likely N-dealkylation sites (N-methyl/N-ethyl adjacent to an activating group) is 2. The maximum absolute atomic E-state index is 13.4. The van der Waals surface area contributed by atoms with Crippen molar-refractivity contribution in [2.24, 2.45) is 0 Å². The number of carbonyl (C=O) groups excluding carboxylic acids is 2. The van der Waals surface area contributed by atoms with Crippen molar-refractivity contribution < 1.29 is 42.3 Å². The number of amides is 2. The van der Waals surface area contributed by atoms with E-state index in [4.69, 9.17) is 0 Å².